The van der Waals surface area contributed by atoms with E-state index in [-0.39, 0.29) is 46.9 Å². The summed E-state index contributed by atoms with van der Waals surface area (Å²) in [6.07, 6.45) is -1.21. The standard InChI is InChI=1S/C42H43F3N2O6/c1-7-12-26-17-27(18-35(52-8-2)39(26)53-34-16-15-28(42(43,44)45)19-29(34)47(50)51)36-37-30(20-40(3,4)22-32(37)48)46(24-25-13-10-9-11-14-25)31-21-41(5,6)23-33(49)38(31)36/h7,9-11,13-19,36H,1,8,12,20-24H2,2-6H3. The summed E-state index contributed by atoms with van der Waals surface area (Å²) in [6, 6.07) is 15.5. The Hall–Kier alpha value is -5.19. The van der Waals surface area contributed by atoms with Crippen LogP contribution >= 0.6 is 0 Å². The van der Waals surface area contributed by atoms with Crippen LogP contribution in [0.15, 0.2) is 95.9 Å². The zero-order valence-electron chi connectivity index (χ0n) is 30.6. The highest BCUT2D eigenvalue weighted by Crippen LogP contribution is 2.56. The van der Waals surface area contributed by atoms with Gasteiger partial charge in [0, 0.05) is 59.5 Å². The molecule has 3 aromatic carbocycles. The fourth-order valence-corrected chi connectivity index (χ4v) is 7.91. The van der Waals surface area contributed by atoms with E-state index >= 15 is 0 Å². The van der Waals surface area contributed by atoms with Crippen molar-refractivity contribution in [1.82, 2.24) is 4.90 Å². The zero-order chi connectivity index (χ0) is 38.5. The number of rotatable bonds is 10. The van der Waals surface area contributed by atoms with Crippen LogP contribution in [0.25, 0.3) is 0 Å². The summed E-state index contributed by atoms with van der Waals surface area (Å²) in [5.74, 6) is -0.994. The summed E-state index contributed by atoms with van der Waals surface area (Å²) in [6.45, 7) is 14.6. The lowest BCUT2D eigenvalue weighted by Gasteiger charge is -2.49. The van der Waals surface area contributed by atoms with E-state index in [1.807, 2.05) is 30.3 Å². The number of ether oxygens (including phenoxy) is 2. The normalized spacial score (nSPS) is 18.5. The molecule has 0 fully saturated rings. The van der Waals surface area contributed by atoms with Gasteiger partial charge in [-0.05, 0) is 66.3 Å². The van der Waals surface area contributed by atoms with Crippen molar-refractivity contribution in [3.63, 3.8) is 0 Å². The number of benzene rings is 3. The number of ketones is 2. The molecular weight excluding hydrogens is 685 g/mol. The molecule has 0 saturated carbocycles. The molecule has 8 nitrogen and oxygen atoms in total. The van der Waals surface area contributed by atoms with E-state index < -0.39 is 34.0 Å². The number of nitrogens with zero attached hydrogens (tertiary/aromatic N) is 2. The van der Waals surface area contributed by atoms with Crippen molar-refractivity contribution >= 4 is 17.3 Å². The third-order valence-electron chi connectivity index (χ3n) is 10.1. The molecule has 0 N–H and O–H groups in total. The van der Waals surface area contributed by atoms with Crippen molar-refractivity contribution in [2.75, 3.05) is 6.61 Å². The predicted octanol–water partition coefficient (Wildman–Crippen LogP) is 10.4. The Morgan fingerprint density at radius 3 is 2.04 bits per heavy atom. The fraction of sp³-hybridized carbons (Fsp3) is 0.381. The highest BCUT2D eigenvalue weighted by Gasteiger charge is 2.49. The molecule has 0 spiro atoms. The molecule has 11 heteroatoms. The molecule has 1 aliphatic heterocycles. The lowest BCUT2D eigenvalue weighted by molar-refractivity contribution is -0.385. The molecule has 0 atom stereocenters. The zero-order valence-corrected chi connectivity index (χ0v) is 30.6. The molecular formula is C42H43F3N2O6. The van der Waals surface area contributed by atoms with Gasteiger partial charge < -0.3 is 14.4 Å². The van der Waals surface area contributed by atoms with Crippen molar-refractivity contribution < 1.29 is 37.2 Å². The number of alkyl halides is 3. The average molecular weight is 729 g/mol. The minimum absolute atomic E-state index is 0.0487. The van der Waals surface area contributed by atoms with Crippen LogP contribution in [-0.2, 0) is 28.7 Å². The Labute approximate surface area is 307 Å². The topological polar surface area (TPSA) is 99.0 Å². The molecule has 3 aromatic rings. The highest BCUT2D eigenvalue weighted by atomic mass is 19.4. The molecule has 278 valence electrons. The lowest BCUT2D eigenvalue weighted by atomic mass is 9.63. The van der Waals surface area contributed by atoms with Gasteiger partial charge in [0.2, 0.25) is 5.75 Å². The first-order valence-corrected chi connectivity index (χ1v) is 17.7. The van der Waals surface area contributed by atoms with Crippen molar-refractivity contribution in [3.8, 4) is 17.2 Å². The van der Waals surface area contributed by atoms with Crippen LogP contribution in [-0.4, -0.2) is 28.0 Å². The summed E-state index contributed by atoms with van der Waals surface area (Å²) >= 11 is 0. The van der Waals surface area contributed by atoms with E-state index in [2.05, 4.69) is 39.2 Å². The second-order valence-corrected chi connectivity index (χ2v) is 15.6. The van der Waals surface area contributed by atoms with Gasteiger partial charge >= 0.3 is 11.9 Å². The van der Waals surface area contributed by atoms with E-state index in [9.17, 15) is 32.9 Å². The van der Waals surface area contributed by atoms with Gasteiger partial charge in [-0.1, -0.05) is 70.2 Å². The van der Waals surface area contributed by atoms with Crippen LogP contribution in [0.2, 0.25) is 0 Å². The molecule has 0 unspecified atom stereocenters. The fourth-order valence-electron chi connectivity index (χ4n) is 7.91. The maximum absolute atomic E-state index is 14.4. The smallest absolute Gasteiger partial charge is 0.416 e. The molecule has 0 aromatic heterocycles. The van der Waals surface area contributed by atoms with Crippen LogP contribution in [0.5, 0.6) is 17.2 Å². The molecule has 53 heavy (non-hydrogen) atoms. The number of hydrogen-bond acceptors (Lipinski definition) is 7. The van der Waals surface area contributed by atoms with Crippen molar-refractivity contribution in [1.29, 1.82) is 0 Å². The maximum atomic E-state index is 14.4. The van der Waals surface area contributed by atoms with Crippen LogP contribution in [0.1, 0.15) is 88.5 Å². The van der Waals surface area contributed by atoms with Crippen LogP contribution in [0.4, 0.5) is 18.9 Å². The highest BCUT2D eigenvalue weighted by molar-refractivity contribution is 6.07. The number of hydrogen-bond donors (Lipinski definition) is 0. The van der Waals surface area contributed by atoms with Crippen LogP contribution < -0.4 is 9.47 Å². The number of halogens is 3. The predicted molar refractivity (Wildman–Crippen MR) is 195 cm³/mol. The van der Waals surface area contributed by atoms with Gasteiger partial charge in [-0.25, -0.2) is 0 Å². The lowest BCUT2D eigenvalue weighted by Crippen LogP contribution is -2.44. The summed E-state index contributed by atoms with van der Waals surface area (Å²) in [4.78, 5) is 42.1. The minimum atomic E-state index is -4.80. The van der Waals surface area contributed by atoms with Gasteiger partial charge in [0.05, 0.1) is 17.1 Å². The molecule has 3 aliphatic rings. The largest absolute Gasteiger partial charge is 0.490 e. The average Bonchev–Trinajstić information content (AvgIpc) is 3.06. The van der Waals surface area contributed by atoms with Gasteiger partial charge in [0.15, 0.2) is 23.1 Å². The number of carbonyl (C=O) groups excluding carboxylic acids is 2. The minimum Gasteiger partial charge on any atom is -0.490 e. The van der Waals surface area contributed by atoms with E-state index in [1.165, 1.54) is 0 Å². The molecule has 2 aliphatic carbocycles. The van der Waals surface area contributed by atoms with Gasteiger partial charge in [0.25, 0.3) is 0 Å². The second kappa shape index (κ2) is 14.0. The maximum Gasteiger partial charge on any atom is 0.416 e. The molecule has 0 bridgehead atoms. The van der Waals surface area contributed by atoms with E-state index in [0.29, 0.717) is 60.6 Å². The first-order chi connectivity index (χ1) is 24.9. The quantitative estimate of drug-likeness (QED) is 0.116. The van der Waals surface area contributed by atoms with Crippen LogP contribution in [0.3, 0.4) is 0 Å². The first-order valence-electron chi connectivity index (χ1n) is 17.7. The first kappa shape index (κ1) is 37.6. The van der Waals surface area contributed by atoms with Gasteiger partial charge in [-0.2, -0.15) is 13.2 Å². The third-order valence-corrected chi connectivity index (χ3v) is 10.1. The molecule has 6 rings (SSSR count). The number of allylic oxidation sites excluding steroid dienone is 5. The summed E-state index contributed by atoms with van der Waals surface area (Å²) in [7, 11) is 0. The second-order valence-electron chi connectivity index (χ2n) is 15.6. The Kier molecular flexibility index (Phi) is 9.91. The van der Waals surface area contributed by atoms with Crippen LogP contribution in [0, 0.1) is 20.9 Å². The Bertz CT molecular complexity index is 2010. The van der Waals surface area contributed by atoms with Gasteiger partial charge in [-0.15, -0.1) is 6.58 Å². The van der Waals surface area contributed by atoms with E-state index in [0.717, 1.165) is 29.1 Å². The number of Topliss-reactive ketones (excluding diaryl/α,β-unsaturated/α-hetero) is 2. The van der Waals surface area contributed by atoms with Gasteiger partial charge in [0.1, 0.15) is 0 Å². The molecule has 1 heterocycles. The monoisotopic (exact) mass is 728 g/mol. The van der Waals surface area contributed by atoms with E-state index in [1.54, 1.807) is 25.1 Å². The summed E-state index contributed by atoms with van der Waals surface area (Å²) in [5, 5.41) is 12.0. The molecule has 0 amide bonds. The van der Waals surface area contributed by atoms with Crippen molar-refractivity contribution in [2.24, 2.45) is 10.8 Å². The molecule has 0 saturated heterocycles. The van der Waals surface area contributed by atoms with Crippen molar-refractivity contribution in [2.45, 2.75) is 85.4 Å². The Morgan fingerprint density at radius 2 is 1.51 bits per heavy atom. The number of nitro benzene ring substituents is 1. The van der Waals surface area contributed by atoms with E-state index in [4.69, 9.17) is 9.47 Å². The number of carbonyl (C=O) groups is 2. The summed E-state index contributed by atoms with van der Waals surface area (Å²) in [5.41, 5.74) is 2.30. The third kappa shape index (κ3) is 7.52. The van der Waals surface area contributed by atoms with Gasteiger partial charge in [-0.3, -0.25) is 19.7 Å². The summed E-state index contributed by atoms with van der Waals surface area (Å²) < 4.78 is 52.7. The Balaban J connectivity index is 1.58. The Morgan fingerprint density at radius 1 is 0.906 bits per heavy atom. The number of nitro groups is 1. The van der Waals surface area contributed by atoms with Crippen molar-refractivity contribution in [3.05, 3.63) is 128 Å². The molecule has 0 radical (unpaired) electrons. The SMILES string of the molecule is C=CCc1cc(C2C3=C(CC(C)(C)CC3=O)N(Cc3ccccc3)C3=C2C(=O)CC(C)(C)C3)cc(OCC)c1Oc1ccc(C(F)(F)F)cc1[N+](=O)[O-].